The van der Waals surface area contributed by atoms with Gasteiger partial charge < -0.3 is 15.3 Å². The fourth-order valence-electron chi connectivity index (χ4n) is 1.04. The molecule has 0 spiro atoms. The van der Waals surface area contributed by atoms with Crippen LogP contribution in [0.3, 0.4) is 0 Å². The van der Waals surface area contributed by atoms with Gasteiger partial charge in [0.25, 0.3) is 0 Å². The van der Waals surface area contributed by atoms with Crippen LogP contribution in [0, 0.1) is 0 Å². The molecule has 0 atom stereocenters. The van der Waals surface area contributed by atoms with Gasteiger partial charge in [0.2, 0.25) is 0 Å². The van der Waals surface area contributed by atoms with Gasteiger partial charge >= 0.3 is 5.97 Å². The van der Waals surface area contributed by atoms with E-state index in [2.05, 4.69) is 0 Å². The molecule has 3 N–H and O–H groups in total. The van der Waals surface area contributed by atoms with Gasteiger partial charge in [-0.1, -0.05) is 17.7 Å². The van der Waals surface area contributed by atoms with Crippen molar-refractivity contribution in [2.75, 3.05) is 0 Å². The molecule has 1 aromatic carbocycles. The molecule has 1 aromatic rings. The van der Waals surface area contributed by atoms with Crippen LogP contribution in [0.1, 0.15) is 12.0 Å². The summed E-state index contributed by atoms with van der Waals surface area (Å²) >= 11 is 5.52. The van der Waals surface area contributed by atoms with Crippen molar-refractivity contribution >= 4 is 17.6 Å². The van der Waals surface area contributed by atoms with Crippen LogP contribution in [0.15, 0.2) is 12.1 Å². The summed E-state index contributed by atoms with van der Waals surface area (Å²) in [6, 6.07) is 2.90. The molecule has 0 bridgehead atoms. The Kier molecular flexibility index (Phi) is 3.19. The maximum Gasteiger partial charge on any atom is 0.303 e. The van der Waals surface area contributed by atoms with Crippen LogP contribution < -0.4 is 0 Å². The lowest BCUT2D eigenvalue weighted by Crippen LogP contribution is -1.97. The number of benzene rings is 1. The van der Waals surface area contributed by atoms with Crippen LogP contribution in [0.25, 0.3) is 0 Å². The van der Waals surface area contributed by atoms with Crippen LogP contribution in [0.2, 0.25) is 5.02 Å². The molecule has 5 heteroatoms. The minimum Gasteiger partial charge on any atom is -0.504 e. The summed E-state index contributed by atoms with van der Waals surface area (Å²) in [7, 11) is 0. The molecule has 0 saturated carbocycles. The highest BCUT2D eigenvalue weighted by molar-refractivity contribution is 6.32. The molecule has 0 aliphatic carbocycles. The molecular formula is C9H9ClO4. The van der Waals surface area contributed by atoms with E-state index in [-0.39, 0.29) is 23.6 Å². The molecule has 1 rings (SSSR count). The first kappa shape index (κ1) is 10.7. The van der Waals surface area contributed by atoms with Gasteiger partial charge in [0, 0.05) is 6.42 Å². The SMILES string of the molecule is O=C(O)CCc1ccc(Cl)c(O)c1O. The highest BCUT2D eigenvalue weighted by Gasteiger charge is 2.10. The van der Waals surface area contributed by atoms with Crippen molar-refractivity contribution in [3.8, 4) is 11.5 Å². The first-order valence-corrected chi connectivity index (χ1v) is 4.31. The number of carboxylic acid groups (broad SMARTS) is 1. The molecule has 0 heterocycles. The van der Waals surface area contributed by atoms with Crippen LogP contribution in [-0.4, -0.2) is 21.3 Å². The van der Waals surface area contributed by atoms with E-state index < -0.39 is 11.7 Å². The Morgan fingerprint density at radius 1 is 1.29 bits per heavy atom. The number of hydrogen-bond donors (Lipinski definition) is 3. The van der Waals surface area contributed by atoms with Gasteiger partial charge in [-0.2, -0.15) is 0 Å². The molecule has 0 amide bonds. The Bertz CT molecular complexity index is 362. The molecule has 0 aliphatic heterocycles. The highest BCUT2D eigenvalue weighted by Crippen LogP contribution is 2.36. The lowest BCUT2D eigenvalue weighted by Gasteiger charge is -2.05. The summed E-state index contributed by atoms with van der Waals surface area (Å²) in [5.74, 6) is -1.72. The zero-order chi connectivity index (χ0) is 10.7. The molecule has 0 radical (unpaired) electrons. The van der Waals surface area contributed by atoms with Crippen molar-refractivity contribution in [2.24, 2.45) is 0 Å². The monoisotopic (exact) mass is 216 g/mol. The predicted molar refractivity (Wildman–Crippen MR) is 50.7 cm³/mol. The molecule has 0 saturated heterocycles. The number of phenolic OH excluding ortho intramolecular Hbond substituents is 2. The van der Waals surface area contributed by atoms with Gasteiger partial charge in [0.1, 0.15) is 0 Å². The van der Waals surface area contributed by atoms with E-state index in [4.69, 9.17) is 16.7 Å². The molecule has 76 valence electrons. The third-order valence-corrected chi connectivity index (χ3v) is 2.10. The fraction of sp³-hybridized carbons (Fsp3) is 0.222. The Morgan fingerprint density at radius 3 is 2.50 bits per heavy atom. The van der Waals surface area contributed by atoms with Gasteiger partial charge in [-0.05, 0) is 18.1 Å². The minimum absolute atomic E-state index is 0.0431. The molecular weight excluding hydrogens is 208 g/mol. The highest BCUT2D eigenvalue weighted by atomic mass is 35.5. The van der Waals surface area contributed by atoms with Gasteiger partial charge in [-0.3, -0.25) is 4.79 Å². The number of aliphatic carboxylic acids is 1. The van der Waals surface area contributed by atoms with Gasteiger partial charge in [-0.15, -0.1) is 0 Å². The van der Waals surface area contributed by atoms with E-state index in [0.29, 0.717) is 5.56 Å². The zero-order valence-corrected chi connectivity index (χ0v) is 7.95. The summed E-state index contributed by atoms with van der Waals surface area (Å²) in [5, 5.41) is 27.0. The Morgan fingerprint density at radius 2 is 1.93 bits per heavy atom. The number of halogens is 1. The predicted octanol–water partition coefficient (Wildman–Crippen LogP) is 1.77. The minimum atomic E-state index is -0.959. The van der Waals surface area contributed by atoms with Crippen LogP contribution in [0.5, 0.6) is 11.5 Å². The van der Waals surface area contributed by atoms with E-state index in [9.17, 15) is 15.0 Å². The summed E-state index contributed by atoms with van der Waals surface area (Å²) < 4.78 is 0. The lowest BCUT2D eigenvalue weighted by atomic mass is 10.1. The first-order valence-electron chi connectivity index (χ1n) is 3.93. The number of aromatic hydroxyl groups is 2. The van der Waals surface area contributed by atoms with Gasteiger partial charge in [0.15, 0.2) is 11.5 Å². The Hall–Kier alpha value is -1.42. The number of hydrogen-bond acceptors (Lipinski definition) is 3. The molecule has 4 nitrogen and oxygen atoms in total. The van der Waals surface area contributed by atoms with E-state index in [0.717, 1.165) is 0 Å². The number of phenols is 2. The topological polar surface area (TPSA) is 77.8 Å². The molecule has 0 fully saturated rings. The number of aryl methyl sites for hydroxylation is 1. The number of carboxylic acids is 1. The third-order valence-electron chi connectivity index (χ3n) is 1.79. The summed E-state index contributed by atoms with van der Waals surface area (Å²) in [6.45, 7) is 0. The Balaban J connectivity index is 2.88. The fourth-order valence-corrected chi connectivity index (χ4v) is 1.19. The van der Waals surface area contributed by atoms with Gasteiger partial charge in [0.05, 0.1) is 5.02 Å². The van der Waals surface area contributed by atoms with Crippen molar-refractivity contribution in [1.29, 1.82) is 0 Å². The van der Waals surface area contributed by atoms with Crippen molar-refractivity contribution < 1.29 is 20.1 Å². The molecule has 0 unspecified atom stereocenters. The maximum absolute atomic E-state index is 10.3. The summed E-state index contributed by atoms with van der Waals surface area (Å²) in [6.07, 6.45) is 0.0561. The van der Waals surface area contributed by atoms with Crippen molar-refractivity contribution in [1.82, 2.24) is 0 Å². The van der Waals surface area contributed by atoms with Crippen molar-refractivity contribution in [3.05, 3.63) is 22.7 Å². The van der Waals surface area contributed by atoms with Crippen molar-refractivity contribution in [3.63, 3.8) is 0 Å². The standard InChI is InChI=1S/C9H9ClO4/c10-6-3-1-5(2-4-7(11)12)8(13)9(6)14/h1,3,13-14H,2,4H2,(H,11,12). The Labute approximate surface area is 85.4 Å². The molecule has 14 heavy (non-hydrogen) atoms. The molecule has 0 aromatic heterocycles. The van der Waals surface area contributed by atoms with Crippen LogP contribution in [-0.2, 0) is 11.2 Å². The summed E-state index contributed by atoms with van der Waals surface area (Å²) in [4.78, 5) is 10.3. The number of rotatable bonds is 3. The van der Waals surface area contributed by atoms with E-state index in [1.807, 2.05) is 0 Å². The lowest BCUT2D eigenvalue weighted by molar-refractivity contribution is -0.136. The van der Waals surface area contributed by atoms with Crippen molar-refractivity contribution in [2.45, 2.75) is 12.8 Å². The average molecular weight is 217 g/mol. The summed E-state index contributed by atoms with van der Waals surface area (Å²) in [5.41, 5.74) is 0.370. The van der Waals surface area contributed by atoms with Crippen LogP contribution >= 0.6 is 11.6 Å². The normalized spacial score (nSPS) is 10.1. The average Bonchev–Trinajstić information content (AvgIpc) is 2.13. The molecule has 0 aliphatic rings. The van der Waals surface area contributed by atoms with E-state index in [1.165, 1.54) is 12.1 Å². The van der Waals surface area contributed by atoms with Gasteiger partial charge in [-0.25, -0.2) is 0 Å². The largest absolute Gasteiger partial charge is 0.504 e. The smallest absolute Gasteiger partial charge is 0.303 e. The first-order chi connectivity index (χ1) is 6.52. The van der Waals surface area contributed by atoms with E-state index >= 15 is 0 Å². The second-order valence-electron chi connectivity index (χ2n) is 2.80. The maximum atomic E-state index is 10.3. The second kappa shape index (κ2) is 4.19. The quantitative estimate of drug-likeness (QED) is 0.673. The third kappa shape index (κ3) is 2.29. The van der Waals surface area contributed by atoms with E-state index in [1.54, 1.807) is 0 Å². The number of carbonyl (C=O) groups is 1. The zero-order valence-electron chi connectivity index (χ0n) is 7.20. The van der Waals surface area contributed by atoms with Crippen LogP contribution in [0.4, 0.5) is 0 Å². The second-order valence-corrected chi connectivity index (χ2v) is 3.20.